The molecule has 1 N–H and O–H groups in total. The van der Waals surface area contributed by atoms with Crippen LogP contribution in [0.15, 0.2) is 12.1 Å². The van der Waals surface area contributed by atoms with Crippen LogP contribution in [-0.4, -0.2) is 35.5 Å². The summed E-state index contributed by atoms with van der Waals surface area (Å²) < 4.78 is 10.0. The largest absolute Gasteiger partial charge is 0.506 e. The number of ether oxygens (including phenoxy) is 2. The normalized spacial score (nSPS) is 10.6. The molecule has 6 nitrogen and oxygen atoms in total. The molecule has 0 aliphatic carbocycles. The van der Waals surface area contributed by atoms with E-state index in [9.17, 15) is 19.5 Å². The number of benzene rings is 1. The minimum absolute atomic E-state index is 0.105. The van der Waals surface area contributed by atoms with Crippen LogP contribution in [0.5, 0.6) is 5.75 Å². The van der Waals surface area contributed by atoms with E-state index >= 15 is 0 Å². The van der Waals surface area contributed by atoms with Gasteiger partial charge in [-0.1, -0.05) is 0 Å². The van der Waals surface area contributed by atoms with Gasteiger partial charge in [0.25, 0.3) is 0 Å². The lowest BCUT2D eigenvalue weighted by atomic mass is 10.0. The van der Waals surface area contributed by atoms with Crippen molar-refractivity contribution in [1.29, 1.82) is 0 Å². The van der Waals surface area contributed by atoms with Gasteiger partial charge in [-0.15, -0.1) is 0 Å². The molecule has 0 unspecified atom stereocenters. The third-order valence-corrected chi connectivity index (χ3v) is 2.45. The highest BCUT2D eigenvalue weighted by molar-refractivity contribution is 6.07. The van der Waals surface area contributed by atoms with E-state index in [0.717, 1.165) is 0 Å². The van der Waals surface area contributed by atoms with Crippen molar-refractivity contribution in [1.82, 2.24) is 0 Å². The fourth-order valence-electron chi connectivity index (χ4n) is 1.63. The molecule has 0 amide bonds. The minimum Gasteiger partial charge on any atom is -0.506 e. The topological polar surface area (TPSA) is 89.9 Å². The zero-order valence-corrected chi connectivity index (χ0v) is 12.4. The monoisotopic (exact) mass is 294 g/mol. The van der Waals surface area contributed by atoms with Crippen LogP contribution in [-0.2, 0) is 9.47 Å². The van der Waals surface area contributed by atoms with Crippen molar-refractivity contribution in [3.05, 3.63) is 28.8 Å². The van der Waals surface area contributed by atoms with Crippen molar-refractivity contribution < 1.29 is 29.0 Å². The quantitative estimate of drug-likeness (QED) is 0.662. The highest BCUT2D eigenvalue weighted by Gasteiger charge is 2.26. The van der Waals surface area contributed by atoms with Gasteiger partial charge in [0.05, 0.1) is 23.3 Å². The molecule has 21 heavy (non-hydrogen) atoms. The van der Waals surface area contributed by atoms with E-state index in [1.165, 1.54) is 12.1 Å². The molecule has 0 saturated carbocycles. The van der Waals surface area contributed by atoms with Crippen molar-refractivity contribution in [3.63, 3.8) is 0 Å². The minimum atomic E-state index is -0.887. The van der Waals surface area contributed by atoms with Crippen LogP contribution >= 0.6 is 0 Å². The zero-order valence-electron chi connectivity index (χ0n) is 12.4. The number of phenolic OH excluding ortho intramolecular Hbond substituents is 1. The number of esters is 2. The molecule has 0 aromatic heterocycles. The van der Waals surface area contributed by atoms with Gasteiger partial charge < -0.3 is 14.6 Å². The van der Waals surface area contributed by atoms with Crippen LogP contribution in [0.4, 0.5) is 0 Å². The summed E-state index contributed by atoms with van der Waals surface area (Å²) in [6.07, 6.45) is -0.441. The van der Waals surface area contributed by atoms with Gasteiger partial charge >= 0.3 is 11.9 Å². The Balaban J connectivity index is 3.36. The molecular formula is C15H18O6. The predicted octanol–water partition coefficient (Wildman–Crippen LogP) is 2.34. The molecule has 1 aromatic rings. The number of phenols is 1. The second-order valence-electron chi connectivity index (χ2n) is 4.95. The standard InChI is InChI=1S/C15H18O6/c1-8(2)20-14(18)11-6-5-10(7-16)13(17)12(11)15(19)21-9(3)4/h5-9,17H,1-4H3. The third kappa shape index (κ3) is 4.05. The molecule has 0 saturated heterocycles. The number of aromatic hydroxyl groups is 1. The Morgan fingerprint density at radius 2 is 1.57 bits per heavy atom. The Morgan fingerprint density at radius 1 is 1.05 bits per heavy atom. The summed E-state index contributed by atoms with van der Waals surface area (Å²) in [5.74, 6) is -2.25. The number of carbonyl (C=O) groups is 3. The second-order valence-corrected chi connectivity index (χ2v) is 4.95. The summed E-state index contributed by atoms with van der Waals surface area (Å²) in [7, 11) is 0. The van der Waals surface area contributed by atoms with Crippen molar-refractivity contribution in [2.75, 3.05) is 0 Å². The summed E-state index contributed by atoms with van der Waals surface area (Å²) in [5.41, 5.74) is -0.608. The molecule has 0 spiro atoms. The number of carbonyl (C=O) groups excluding carboxylic acids is 3. The first-order valence-corrected chi connectivity index (χ1v) is 6.51. The lowest BCUT2D eigenvalue weighted by Crippen LogP contribution is -2.19. The molecule has 0 aliphatic rings. The first kappa shape index (κ1) is 16.7. The first-order valence-electron chi connectivity index (χ1n) is 6.51. The molecule has 0 fully saturated rings. The van der Waals surface area contributed by atoms with Gasteiger partial charge in [-0.05, 0) is 39.8 Å². The van der Waals surface area contributed by atoms with Gasteiger partial charge in [-0.3, -0.25) is 4.79 Å². The fourth-order valence-corrected chi connectivity index (χ4v) is 1.63. The maximum atomic E-state index is 12.0. The SMILES string of the molecule is CC(C)OC(=O)c1ccc(C=O)c(O)c1C(=O)OC(C)C. The number of aldehydes is 1. The summed E-state index contributed by atoms with van der Waals surface area (Å²) in [5, 5.41) is 10.00. The summed E-state index contributed by atoms with van der Waals surface area (Å²) in [6.45, 7) is 6.57. The molecule has 0 bridgehead atoms. The van der Waals surface area contributed by atoms with E-state index in [0.29, 0.717) is 6.29 Å². The van der Waals surface area contributed by atoms with E-state index < -0.39 is 23.8 Å². The van der Waals surface area contributed by atoms with Crippen LogP contribution in [0.25, 0.3) is 0 Å². The maximum Gasteiger partial charge on any atom is 0.343 e. The first-order chi connectivity index (χ1) is 9.77. The van der Waals surface area contributed by atoms with Crippen molar-refractivity contribution in [3.8, 4) is 5.75 Å². The smallest absolute Gasteiger partial charge is 0.343 e. The molecule has 1 rings (SSSR count). The Labute approximate surface area is 122 Å². The van der Waals surface area contributed by atoms with Gasteiger partial charge in [-0.25, -0.2) is 9.59 Å². The van der Waals surface area contributed by atoms with Crippen LogP contribution < -0.4 is 0 Å². The molecular weight excluding hydrogens is 276 g/mol. The molecule has 0 atom stereocenters. The van der Waals surface area contributed by atoms with Crippen LogP contribution in [0, 0.1) is 0 Å². The number of hydrogen-bond acceptors (Lipinski definition) is 6. The highest BCUT2D eigenvalue weighted by Crippen LogP contribution is 2.27. The lowest BCUT2D eigenvalue weighted by Gasteiger charge is -2.15. The van der Waals surface area contributed by atoms with Crippen LogP contribution in [0.1, 0.15) is 58.8 Å². The average molecular weight is 294 g/mol. The predicted molar refractivity (Wildman–Crippen MR) is 74.6 cm³/mol. The van der Waals surface area contributed by atoms with Crippen molar-refractivity contribution in [2.24, 2.45) is 0 Å². The van der Waals surface area contributed by atoms with Gasteiger partial charge in [0.15, 0.2) is 6.29 Å². The summed E-state index contributed by atoms with van der Waals surface area (Å²) in [6, 6.07) is 2.50. The van der Waals surface area contributed by atoms with E-state index in [1.807, 2.05) is 0 Å². The Kier molecular flexibility index (Phi) is 5.46. The van der Waals surface area contributed by atoms with Crippen LogP contribution in [0.2, 0.25) is 0 Å². The van der Waals surface area contributed by atoms with E-state index in [-0.39, 0.29) is 22.8 Å². The Hall–Kier alpha value is -2.37. The van der Waals surface area contributed by atoms with E-state index in [4.69, 9.17) is 9.47 Å². The number of rotatable bonds is 5. The van der Waals surface area contributed by atoms with E-state index in [1.54, 1.807) is 27.7 Å². The van der Waals surface area contributed by atoms with Gasteiger partial charge in [-0.2, -0.15) is 0 Å². The molecule has 0 heterocycles. The van der Waals surface area contributed by atoms with Gasteiger partial charge in [0.2, 0.25) is 0 Å². The molecule has 0 radical (unpaired) electrons. The molecule has 114 valence electrons. The fraction of sp³-hybridized carbons (Fsp3) is 0.400. The molecule has 0 aliphatic heterocycles. The number of hydrogen-bond donors (Lipinski definition) is 1. The van der Waals surface area contributed by atoms with Gasteiger partial charge in [0, 0.05) is 0 Å². The summed E-state index contributed by atoms with van der Waals surface area (Å²) >= 11 is 0. The average Bonchev–Trinajstić information content (AvgIpc) is 2.36. The van der Waals surface area contributed by atoms with Gasteiger partial charge in [0.1, 0.15) is 11.3 Å². The Bertz CT molecular complexity index is 560. The zero-order chi connectivity index (χ0) is 16.2. The molecule has 1 aromatic carbocycles. The third-order valence-electron chi connectivity index (χ3n) is 2.45. The summed E-state index contributed by atoms with van der Waals surface area (Å²) in [4.78, 5) is 34.9. The van der Waals surface area contributed by atoms with Crippen molar-refractivity contribution >= 4 is 18.2 Å². The van der Waals surface area contributed by atoms with Crippen molar-refractivity contribution in [2.45, 2.75) is 39.9 Å². The lowest BCUT2D eigenvalue weighted by molar-refractivity contribution is 0.0324. The maximum absolute atomic E-state index is 12.0. The second kappa shape index (κ2) is 6.88. The Morgan fingerprint density at radius 3 is 2.05 bits per heavy atom. The van der Waals surface area contributed by atoms with E-state index in [2.05, 4.69) is 0 Å². The molecule has 6 heteroatoms. The van der Waals surface area contributed by atoms with Crippen LogP contribution in [0.3, 0.4) is 0 Å². The highest BCUT2D eigenvalue weighted by atomic mass is 16.5.